The third-order valence-electron chi connectivity index (χ3n) is 3.86. The Kier molecular flexibility index (Phi) is 4.81. The van der Waals surface area contributed by atoms with Crippen LogP contribution in [0.25, 0.3) is 0 Å². The summed E-state index contributed by atoms with van der Waals surface area (Å²) in [6, 6.07) is 15.8. The number of nitrogens with one attached hydrogen (secondary N) is 1. The van der Waals surface area contributed by atoms with E-state index in [0.29, 0.717) is 19.6 Å². The summed E-state index contributed by atoms with van der Waals surface area (Å²) in [6.07, 6.45) is 1.08. The summed E-state index contributed by atoms with van der Waals surface area (Å²) < 4.78 is 11.5. The smallest absolute Gasteiger partial charge is 0.220 e. The Balaban J connectivity index is 1.42. The minimum atomic E-state index is -0.145. The molecule has 2 aromatic rings. The molecule has 2 aromatic carbocycles. The van der Waals surface area contributed by atoms with E-state index < -0.39 is 0 Å². The Morgan fingerprint density at radius 3 is 2.65 bits per heavy atom. The number of hydrogen-bond donors (Lipinski definition) is 1. The van der Waals surface area contributed by atoms with Gasteiger partial charge in [-0.3, -0.25) is 4.79 Å². The first-order valence-corrected chi connectivity index (χ1v) is 7.91. The largest absolute Gasteiger partial charge is 0.486 e. The Morgan fingerprint density at radius 1 is 1.13 bits per heavy atom. The van der Waals surface area contributed by atoms with Crippen LogP contribution >= 0.6 is 0 Å². The zero-order valence-electron chi connectivity index (χ0n) is 13.2. The minimum absolute atomic E-state index is 0.0352. The summed E-state index contributed by atoms with van der Waals surface area (Å²) in [5.41, 5.74) is 2.41. The number of fused-ring (bicyclic) bond motifs is 1. The van der Waals surface area contributed by atoms with Gasteiger partial charge in [0.2, 0.25) is 5.91 Å². The normalized spacial score (nSPS) is 16.0. The van der Waals surface area contributed by atoms with E-state index in [-0.39, 0.29) is 12.0 Å². The lowest BCUT2D eigenvalue weighted by Crippen LogP contribution is -2.40. The van der Waals surface area contributed by atoms with Crippen LogP contribution in [-0.4, -0.2) is 25.2 Å². The van der Waals surface area contributed by atoms with Gasteiger partial charge in [-0.05, 0) is 31.0 Å². The van der Waals surface area contributed by atoms with Gasteiger partial charge in [-0.1, -0.05) is 42.0 Å². The molecule has 0 aliphatic carbocycles. The van der Waals surface area contributed by atoms with E-state index in [1.807, 2.05) is 24.3 Å². The Morgan fingerprint density at radius 2 is 1.87 bits per heavy atom. The van der Waals surface area contributed by atoms with Gasteiger partial charge in [0.25, 0.3) is 0 Å². The van der Waals surface area contributed by atoms with Crippen molar-refractivity contribution >= 4 is 5.91 Å². The zero-order chi connectivity index (χ0) is 16.1. The van der Waals surface area contributed by atoms with Gasteiger partial charge < -0.3 is 14.8 Å². The summed E-state index contributed by atoms with van der Waals surface area (Å²) in [4.78, 5) is 12.0. The predicted molar refractivity (Wildman–Crippen MR) is 88.9 cm³/mol. The zero-order valence-corrected chi connectivity index (χ0v) is 13.2. The Hall–Kier alpha value is -2.49. The number of carbonyl (C=O) groups excluding carboxylic acids is 1. The van der Waals surface area contributed by atoms with Crippen LogP contribution in [0.5, 0.6) is 11.5 Å². The third-order valence-corrected chi connectivity index (χ3v) is 3.86. The molecule has 4 nitrogen and oxygen atoms in total. The van der Waals surface area contributed by atoms with Crippen LogP contribution in [0.15, 0.2) is 48.5 Å². The SMILES string of the molecule is Cc1ccc(CCC(=O)NCC2COc3ccccc3O2)cc1. The van der Waals surface area contributed by atoms with Crippen molar-refractivity contribution in [3.8, 4) is 11.5 Å². The van der Waals surface area contributed by atoms with E-state index >= 15 is 0 Å². The molecule has 0 aromatic heterocycles. The molecule has 1 atom stereocenters. The molecule has 4 heteroatoms. The highest BCUT2D eigenvalue weighted by Gasteiger charge is 2.20. The average molecular weight is 311 g/mol. The Bertz CT molecular complexity index is 667. The monoisotopic (exact) mass is 311 g/mol. The summed E-state index contributed by atoms with van der Waals surface area (Å²) in [5.74, 6) is 1.53. The molecule has 23 heavy (non-hydrogen) atoms. The second-order valence-electron chi connectivity index (χ2n) is 5.79. The average Bonchev–Trinajstić information content (AvgIpc) is 2.59. The maximum Gasteiger partial charge on any atom is 0.220 e. The van der Waals surface area contributed by atoms with E-state index in [4.69, 9.17) is 9.47 Å². The number of ether oxygens (including phenoxy) is 2. The second kappa shape index (κ2) is 7.18. The number of amides is 1. The van der Waals surface area contributed by atoms with Crippen LogP contribution in [0.4, 0.5) is 0 Å². The molecule has 1 amide bonds. The highest BCUT2D eigenvalue weighted by molar-refractivity contribution is 5.76. The van der Waals surface area contributed by atoms with E-state index in [0.717, 1.165) is 17.9 Å². The molecule has 1 N–H and O–H groups in total. The Labute approximate surface area is 136 Å². The molecule has 0 saturated heterocycles. The van der Waals surface area contributed by atoms with Gasteiger partial charge in [-0.15, -0.1) is 0 Å². The van der Waals surface area contributed by atoms with E-state index in [1.54, 1.807) is 0 Å². The predicted octanol–water partition coefficient (Wildman–Crippen LogP) is 2.88. The van der Waals surface area contributed by atoms with Crippen molar-refractivity contribution < 1.29 is 14.3 Å². The van der Waals surface area contributed by atoms with E-state index in [2.05, 4.69) is 36.5 Å². The maximum absolute atomic E-state index is 12.0. The quantitative estimate of drug-likeness (QED) is 0.923. The lowest BCUT2D eigenvalue weighted by atomic mass is 10.1. The molecule has 3 rings (SSSR count). The molecule has 0 bridgehead atoms. The highest BCUT2D eigenvalue weighted by atomic mass is 16.6. The molecule has 1 unspecified atom stereocenters. The van der Waals surface area contributed by atoms with Crippen molar-refractivity contribution in [3.05, 3.63) is 59.7 Å². The van der Waals surface area contributed by atoms with Gasteiger partial charge in [0, 0.05) is 6.42 Å². The van der Waals surface area contributed by atoms with Crippen molar-refractivity contribution in [1.29, 1.82) is 0 Å². The number of rotatable bonds is 5. The van der Waals surface area contributed by atoms with E-state index in [9.17, 15) is 4.79 Å². The molecule has 0 radical (unpaired) electrons. The first kappa shape index (κ1) is 15.4. The topological polar surface area (TPSA) is 47.6 Å². The lowest BCUT2D eigenvalue weighted by molar-refractivity contribution is -0.121. The standard InChI is InChI=1S/C19H21NO3/c1-14-6-8-15(9-7-14)10-11-19(21)20-12-16-13-22-17-4-2-3-5-18(17)23-16/h2-9,16H,10-13H2,1H3,(H,20,21). The summed E-state index contributed by atoms with van der Waals surface area (Å²) >= 11 is 0. The molecular formula is C19H21NO3. The third kappa shape index (κ3) is 4.25. The second-order valence-corrected chi connectivity index (χ2v) is 5.79. The number of hydrogen-bond acceptors (Lipinski definition) is 3. The first-order chi connectivity index (χ1) is 11.2. The van der Waals surface area contributed by atoms with Gasteiger partial charge in [0.1, 0.15) is 12.7 Å². The van der Waals surface area contributed by atoms with Gasteiger partial charge in [-0.2, -0.15) is 0 Å². The first-order valence-electron chi connectivity index (χ1n) is 7.91. The van der Waals surface area contributed by atoms with Gasteiger partial charge in [0.05, 0.1) is 6.54 Å². The molecule has 1 heterocycles. The van der Waals surface area contributed by atoms with Crippen LogP contribution in [0.2, 0.25) is 0 Å². The fourth-order valence-corrected chi connectivity index (χ4v) is 2.49. The molecule has 0 spiro atoms. The minimum Gasteiger partial charge on any atom is -0.486 e. The van der Waals surface area contributed by atoms with Crippen LogP contribution < -0.4 is 14.8 Å². The molecule has 120 valence electrons. The van der Waals surface area contributed by atoms with Gasteiger partial charge >= 0.3 is 0 Å². The van der Waals surface area contributed by atoms with Gasteiger partial charge in [-0.25, -0.2) is 0 Å². The van der Waals surface area contributed by atoms with E-state index in [1.165, 1.54) is 11.1 Å². The fraction of sp³-hybridized carbons (Fsp3) is 0.316. The fourth-order valence-electron chi connectivity index (χ4n) is 2.49. The van der Waals surface area contributed by atoms with Crippen LogP contribution in [0, 0.1) is 6.92 Å². The maximum atomic E-state index is 12.0. The van der Waals surface area contributed by atoms with Crippen molar-refractivity contribution in [1.82, 2.24) is 5.32 Å². The number of benzene rings is 2. The van der Waals surface area contributed by atoms with Crippen molar-refractivity contribution in [3.63, 3.8) is 0 Å². The summed E-state index contributed by atoms with van der Waals surface area (Å²) in [7, 11) is 0. The van der Waals surface area contributed by atoms with Crippen LogP contribution in [0.1, 0.15) is 17.5 Å². The molecule has 0 saturated carbocycles. The van der Waals surface area contributed by atoms with Crippen molar-refractivity contribution in [2.75, 3.05) is 13.2 Å². The number of aryl methyl sites for hydroxylation is 2. The lowest BCUT2D eigenvalue weighted by Gasteiger charge is -2.26. The highest BCUT2D eigenvalue weighted by Crippen LogP contribution is 2.30. The summed E-state index contributed by atoms with van der Waals surface area (Å²) in [5, 5.41) is 2.92. The van der Waals surface area contributed by atoms with Crippen LogP contribution in [0.3, 0.4) is 0 Å². The molecule has 1 aliphatic heterocycles. The number of carbonyl (C=O) groups is 1. The van der Waals surface area contributed by atoms with Crippen LogP contribution in [-0.2, 0) is 11.2 Å². The number of para-hydroxylation sites is 2. The molecular weight excluding hydrogens is 290 g/mol. The molecule has 1 aliphatic rings. The van der Waals surface area contributed by atoms with Crippen molar-refractivity contribution in [2.45, 2.75) is 25.9 Å². The van der Waals surface area contributed by atoms with Gasteiger partial charge in [0.15, 0.2) is 11.5 Å². The van der Waals surface area contributed by atoms with Crippen molar-refractivity contribution in [2.24, 2.45) is 0 Å². The molecule has 0 fully saturated rings. The summed E-state index contributed by atoms with van der Waals surface area (Å²) in [6.45, 7) is 2.97.